The van der Waals surface area contributed by atoms with E-state index in [1.165, 1.54) is 0 Å². The van der Waals surface area contributed by atoms with Gasteiger partial charge in [0.25, 0.3) is 0 Å². The third kappa shape index (κ3) is 7.41. The second kappa shape index (κ2) is 13.0. The van der Waals surface area contributed by atoms with Gasteiger partial charge >= 0.3 is 0 Å². The summed E-state index contributed by atoms with van der Waals surface area (Å²) < 4.78 is 16.1. The van der Waals surface area contributed by atoms with Gasteiger partial charge < -0.3 is 24.8 Å². The van der Waals surface area contributed by atoms with Crippen molar-refractivity contribution in [3.8, 4) is 17.4 Å². The van der Waals surface area contributed by atoms with Crippen LogP contribution in [0.15, 0.2) is 41.5 Å². The number of nitrogens with one attached hydrogen (secondary N) is 2. The molecule has 154 valence electrons. The summed E-state index contributed by atoms with van der Waals surface area (Å²) in [6.45, 7) is 6.44. The molecule has 28 heavy (non-hydrogen) atoms. The van der Waals surface area contributed by atoms with Crippen molar-refractivity contribution in [2.75, 3.05) is 27.4 Å². The van der Waals surface area contributed by atoms with E-state index in [9.17, 15) is 0 Å². The van der Waals surface area contributed by atoms with Crippen LogP contribution in [-0.2, 0) is 13.1 Å². The van der Waals surface area contributed by atoms with Crippen LogP contribution in [0.1, 0.15) is 25.0 Å². The zero-order valence-corrected chi connectivity index (χ0v) is 19.2. The van der Waals surface area contributed by atoms with Gasteiger partial charge in [-0.3, -0.25) is 0 Å². The maximum absolute atomic E-state index is 5.44. The molecule has 0 unspecified atom stereocenters. The van der Waals surface area contributed by atoms with Gasteiger partial charge in [0, 0.05) is 37.0 Å². The van der Waals surface area contributed by atoms with Gasteiger partial charge in [-0.25, -0.2) is 9.98 Å². The minimum atomic E-state index is 0. The van der Waals surface area contributed by atoms with Crippen LogP contribution in [0.2, 0.25) is 0 Å². The highest BCUT2D eigenvalue weighted by Crippen LogP contribution is 2.24. The number of methoxy groups -OCH3 is 2. The summed E-state index contributed by atoms with van der Waals surface area (Å²) in [6, 6.07) is 9.60. The monoisotopic (exact) mass is 500 g/mol. The van der Waals surface area contributed by atoms with E-state index < -0.39 is 0 Å². The number of aromatic nitrogens is 1. The largest absolute Gasteiger partial charge is 0.497 e. The summed E-state index contributed by atoms with van der Waals surface area (Å²) in [5.74, 6) is 2.88. The molecule has 0 saturated carbocycles. The lowest BCUT2D eigenvalue weighted by Crippen LogP contribution is -2.36. The summed E-state index contributed by atoms with van der Waals surface area (Å²) in [6.07, 6.45) is 1.73. The topological polar surface area (TPSA) is 77.0 Å². The van der Waals surface area contributed by atoms with Gasteiger partial charge in [-0.05, 0) is 37.6 Å². The number of ether oxygens (including phenoxy) is 3. The predicted octanol–water partition coefficient (Wildman–Crippen LogP) is 3.37. The fraction of sp³-hybridized carbons (Fsp3) is 0.400. The second-order valence-electron chi connectivity index (χ2n) is 5.66. The summed E-state index contributed by atoms with van der Waals surface area (Å²) >= 11 is 0. The molecular formula is C20H29IN4O3. The minimum Gasteiger partial charge on any atom is -0.497 e. The van der Waals surface area contributed by atoms with Gasteiger partial charge in [0.05, 0.1) is 27.4 Å². The molecule has 1 heterocycles. The second-order valence-corrected chi connectivity index (χ2v) is 5.66. The van der Waals surface area contributed by atoms with Crippen molar-refractivity contribution in [2.24, 2.45) is 4.99 Å². The molecule has 2 rings (SSSR count). The molecule has 0 saturated heterocycles. The fourth-order valence-electron chi connectivity index (χ4n) is 2.46. The molecule has 1 aromatic heterocycles. The number of guanidine groups is 1. The van der Waals surface area contributed by atoms with Gasteiger partial charge in [0.15, 0.2) is 5.96 Å². The summed E-state index contributed by atoms with van der Waals surface area (Å²) in [4.78, 5) is 8.81. The van der Waals surface area contributed by atoms with Crippen LogP contribution in [0.4, 0.5) is 0 Å². The quantitative estimate of drug-likeness (QED) is 0.313. The third-order valence-electron chi connectivity index (χ3n) is 3.80. The first-order chi connectivity index (χ1) is 13.2. The summed E-state index contributed by atoms with van der Waals surface area (Å²) in [5, 5.41) is 6.58. The number of hydrogen-bond acceptors (Lipinski definition) is 5. The van der Waals surface area contributed by atoms with Crippen LogP contribution < -0.4 is 24.8 Å². The highest BCUT2D eigenvalue weighted by Gasteiger charge is 2.06. The van der Waals surface area contributed by atoms with Crippen molar-refractivity contribution in [2.45, 2.75) is 26.9 Å². The Balaban J connectivity index is 0.00000392. The maximum atomic E-state index is 5.44. The molecule has 0 aliphatic rings. The lowest BCUT2D eigenvalue weighted by Gasteiger charge is -2.14. The van der Waals surface area contributed by atoms with Crippen LogP contribution in [0.5, 0.6) is 17.4 Å². The highest BCUT2D eigenvalue weighted by molar-refractivity contribution is 14.0. The van der Waals surface area contributed by atoms with Crippen molar-refractivity contribution in [1.29, 1.82) is 0 Å². The van der Waals surface area contributed by atoms with E-state index in [0.717, 1.165) is 35.1 Å². The normalized spacial score (nSPS) is 10.6. The molecule has 0 fully saturated rings. The van der Waals surface area contributed by atoms with E-state index in [0.29, 0.717) is 25.6 Å². The first kappa shape index (κ1) is 23.8. The minimum absolute atomic E-state index is 0. The third-order valence-corrected chi connectivity index (χ3v) is 3.80. The van der Waals surface area contributed by atoms with Crippen molar-refractivity contribution >= 4 is 29.9 Å². The van der Waals surface area contributed by atoms with Crippen LogP contribution in [0, 0.1) is 0 Å². The van der Waals surface area contributed by atoms with Crippen molar-refractivity contribution in [1.82, 2.24) is 15.6 Å². The van der Waals surface area contributed by atoms with Gasteiger partial charge in [0.1, 0.15) is 11.5 Å². The number of aliphatic imine (C=N–C) groups is 1. The Hall–Kier alpha value is -2.23. The van der Waals surface area contributed by atoms with Crippen LogP contribution in [0.25, 0.3) is 0 Å². The van der Waals surface area contributed by atoms with Gasteiger partial charge in [-0.15, -0.1) is 24.0 Å². The van der Waals surface area contributed by atoms with Gasteiger partial charge in [-0.1, -0.05) is 0 Å². The lowest BCUT2D eigenvalue weighted by molar-refractivity contribution is 0.326. The van der Waals surface area contributed by atoms with Crippen molar-refractivity contribution < 1.29 is 14.2 Å². The van der Waals surface area contributed by atoms with E-state index in [1.54, 1.807) is 20.4 Å². The molecule has 2 aromatic rings. The molecule has 1 aromatic carbocycles. The SMILES string of the molecule is CCNC(=NCc1ccnc(OCC)c1)NCc1ccc(OC)cc1OC.I. The number of halogens is 1. The van der Waals surface area contributed by atoms with Gasteiger partial charge in [-0.2, -0.15) is 0 Å². The van der Waals surface area contributed by atoms with Crippen LogP contribution in [0.3, 0.4) is 0 Å². The predicted molar refractivity (Wildman–Crippen MR) is 122 cm³/mol. The van der Waals surface area contributed by atoms with Crippen molar-refractivity contribution in [3.63, 3.8) is 0 Å². The zero-order chi connectivity index (χ0) is 19.5. The highest BCUT2D eigenvalue weighted by atomic mass is 127. The first-order valence-electron chi connectivity index (χ1n) is 9.01. The smallest absolute Gasteiger partial charge is 0.213 e. The Morgan fingerprint density at radius 3 is 2.57 bits per heavy atom. The summed E-state index contributed by atoms with van der Waals surface area (Å²) in [5.41, 5.74) is 2.05. The number of nitrogens with zero attached hydrogens (tertiary/aromatic N) is 2. The van der Waals surface area contributed by atoms with E-state index >= 15 is 0 Å². The summed E-state index contributed by atoms with van der Waals surface area (Å²) in [7, 11) is 3.29. The molecule has 0 bridgehead atoms. The average Bonchev–Trinajstić information content (AvgIpc) is 2.70. The molecule has 0 aliphatic heterocycles. The first-order valence-corrected chi connectivity index (χ1v) is 9.01. The number of benzene rings is 1. The van der Waals surface area contributed by atoms with E-state index in [-0.39, 0.29) is 24.0 Å². The molecule has 0 amide bonds. The van der Waals surface area contributed by atoms with E-state index in [2.05, 4.69) is 20.6 Å². The lowest BCUT2D eigenvalue weighted by atomic mass is 10.2. The zero-order valence-electron chi connectivity index (χ0n) is 16.8. The Kier molecular flexibility index (Phi) is 11.1. The molecule has 0 spiro atoms. The molecule has 2 N–H and O–H groups in total. The average molecular weight is 500 g/mol. The molecule has 0 atom stereocenters. The number of pyridine rings is 1. The molecular weight excluding hydrogens is 471 g/mol. The molecule has 7 nitrogen and oxygen atoms in total. The molecule has 0 radical (unpaired) electrons. The van der Waals surface area contributed by atoms with Crippen LogP contribution in [-0.4, -0.2) is 38.3 Å². The number of hydrogen-bond donors (Lipinski definition) is 2. The van der Waals surface area contributed by atoms with Gasteiger partial charge in [0.2, 0.25) is 5.88 Å². The Bertz CT molecular complexity index is 756. The Labute approximate surface area is 183 Å². The molecule has 8 heteroatoms. The van der Waals surface area contributed by atoms with Crippen LogP contribution >= 0.6 is 24.0 Å². The fourth-order valence-corrected chi connectivity index (χ4v) is 2.46. The van der Waals surface area contributed by atoms with E-state index in [1.807, 2.05) is 44.2 Å². The standard InChI is InChI=1S/C20H28N4O3.HI/c1-5-21-20(23-13-15-9-10-22-19(11-15)27-6-2)24-14-16-7-8-17(25-3)12-18(16)26-4;/h7-12H,5-6,13-14H2,1-4H3,(H2,21,23,24);1H. The maximum Gasteiger partial charge on any atom is 0.213 e. The Morgan fingerprint density at radius 2 is 1.89 bits per heavy atom. The Morgan fingerprint density at radius 1 is 1.07 bits per heavy atom. The van der Waals surface area contributed by atoms with Crippen molar-refractivity contribution in [3.05, 3.63) is 47.7 Å². The van der Waals surface area contributed by atoms with E-state index in [4.69, 9.17) is 14.2 Å². The molecule has 0 aliphatic carbocycles. The number of rotatable bonds is 9.